The van der Waals surface area contributed by atoms with E-state index in [9.17, 15) is 14.4 Å². The van der Waals surface area contributed by atoms with Gasteiger partial charge in [0.2, 0.25) is 0 Å². The van der Waals surface area contributed by atoms with E-state index in [0.29, 0.717) is 19.3 Å². The summed E-state index contributed by atoms with van der Waals surface area (Å²) in [7, 11) is 0. The minimum absolute atomic E-state index is 0.0984. The number of esters is 3. The van der Waals surface area contributed by atoms with E-state index in [-0.39, 0.29) is 31.1 Å². The Kier molecular flexibility index (Phi) is 59.9. The average Bonchev–Trinajstić information content (AvgIpc) is 3.42. The molecule has 6 nitrogen and oxygen atoms in total. The first-order valence-electron chi connectivity index (χ1n) is 31.5. The fourth-order valence-electron chi connectivity index (χ4n) is 8.45. The summed E-state index contributed by atoms with van der Waals surface area (Å²) in [5.74, 6) is -0.942. The normalized spacial score (nSPS) is 12.9. The van der Waals surface area contributed by atoms with Gasteiger partial charge in [-0.25, -0.2) is 0 Å². The van der Waals surface area contributed by atoms with E-state index in [0.717, 1.165) is 148 Å². The Morgan fingerprint density at radius 3 is 0.816 bits per heavy atom. The summed E-state index contributed by atoms with van der Waals surface area (Å²) < 4.78 is 16.9. The molecule has 1 atom stereocenters. The largest absolute Gasteiger partial charge is 0.462 e. The van der Waals surface area contributed by atoms with Gasteiger partial charge < -0.3 is 14.2 Å². The molecule has 432 valence electrons. The summed E-state index contributed by atoms with van der Waals surface area (Å²) in [4.78, 5) is 38.3. The molecule has 0 aromatic heterocycles. The van der Waals surface area contributed by atoms with E-state index < -0.39 is 6.10 Å². The summed E-state index contributed by atoms with van der Waals surface area (Å²) in [5.41, 5.74) is 0. The molecular formula is C70H116O6. The van der Waals surface area contributed by atoms with Crippen LogP contribution in [0.15, 0.2) is 122 Å². The van der Waals surface area contributed by atoms with Crippen LogP contribution in [0.25, 0.3) is 0 Å². The van der Waals surface area contributed by atoms with Crippen LogP contribution in [-0.2, 0) is 28.6 Å². The molecule has 0 rings (SSSR count). The predicted octanol–water partition coefficient (Wildman–Crippen LogP) is 21.6. The van der Waals surface area contributed by atoms with Crippen molar-refractivity contribution in [3.8, 4) is 0 Å². The van der Waals surface area contributed by atoms with Crippen LogP contribution in [0, 0.1) is 0 Å². The minimum atomic E-state index is -0.804. The molecule has 0 aliphatic carbocycles. The van der Waals surface area contributed by atoms with Gasteiger partial charge in [0.05, 0.1) is 0 Å². The van der Waals surface area contributed by atoms with E-state index in [1.54, 1.807) is 0 Å². The van der Waals surface area contributed by atoms with Gasteiger partial charge in [-0.1, -0.05) is 251 Å². The number of ether oxygens (including phenoxy) is 3. The Labute approximate surface area is 469 Å². The molecule has 0 aromatic rings. The Morgan fingerprint density at radius 1 is 0.276 bits per heavy atom. The molecule has 0 amide bonds. The van der Waals surface area contributed by atoms with Crippen molar-refractivity contribution in [3.63, 3.8) is 0 Å². The van der Waals surface area contributed by atoms with Gasteiger partial charge in [-0.3, -0.25) is 14.4 Å². The van der Waals surface area contributed by atoms with Gasteiger partial charge in [0, 0.05) is 19.3 Å². The molecule has 0 spiro atoms. The van der Waals surface area contributed by atoms with Gasteiger partial charge >= 0.3 is 17.9 Å². The quantitative estimate of drug-likeness (QED) is 0.0261. The Hall–Kier alpha value is -4.19. The Morgan fingerprint density at radius 2 is 0.513 bits per heavy atom. The van der Waals surface area contributed by atoms with Crippen LogP contribution in [0.1, 0.15) is 284 Å². The molecule has 0 N–H and O–H groups in total. The summed E-state index contributed by atoms with van der Waals surface area (Å²) in [6.45, 7) is 6.48. The lowest BCUT2D eigenvalue weighted by molar-refractivity contribution is -0.167. The van der Waals surface area contributed by atoms with Crippen molar-refractivity contribution in [3.05, 3.63) is 122 Å². The van der Waals surface area contributed by atoms with Gasteiger partial charge in [0.1, 0.15) is 13.2 Å². The summed E-state index contributed by atoms with van der Waals surface area (Å²) in [6.07, 6.45) is 87.6. The molecule has 1 unspecified atom stereocenters. The lowest BCUT2D eigenvalue weighted by Gasteiger charge is -2.18. The topological polar surface area (TPSA) is 78.9 Å². The van der Waals surface area contributed by atoms with Crippen molar-refractivity contribution in [1.29, 1.82) is 0 Å². The molecule has 0 heterocycles. The van der Waals surface area contributed by atoms with Gasteiger partial charge in [-0.15, -0.1) is 0 Å². The van der Waals surface area contributed by atoms with Crippen LogP contribution >= 0.6 is 0 Å². The maximum Gasteiger partial charge on any atom is 0.306 e. The molecule has 76 heavy (non-hydrogen) atoms. The van der Waals surface area contributed by atoms with E-state index in [2.05, 4.69) is 142 Å². The third-order valence-electron chi connectivity index (χ3n) is 13.2. The number of rotatable bonds is 56. The molecule has 0 fully saturated rings. The first-order valence-corrected chi connectivity index (χ1v) is 31.5. The van der Waals surface area contributed by atoms with Crippen LogP contribution in [0.3, 0.4) is 0 Å². The number of allylic oxidation sites excluding steroid dienone is 20. The van der Waals surface area contributed by atoms with Crippen molar-refractivity contribution in [1.82, 2.24) is 0 Å². The summed E-state index contributed by atoms with van der Waals surface area (Å²) in [6, 6.07) is 0. The highest BCUT2D eigenvalue weighted by Crippen LogP contribution is 2.14. The van der Waals surface area contributed by atoms with Crippen molar-refractivity contribution < 1.29 is 28.6 Å². The monoisotopic (exact) mass is 1050 g/mol. The number of unbranched alkanes of at least 4 members (excludes halogenated alkanes) is 25. The molecule has 0 aliphatic heterocycles. The number of carbonyl (C=O) groups is 3. The highest BCUT2D eigenvalue weighted by Gasteiger charge is 2.19. The third kappa shape index (κ3) is 60.7. The molecule has 0 aromatic carbocycles. The lowest BCUT2D eigenvalue weighted by atomic mass is 10.1. The molecule has 0 aliphatic rings. The molecule has 0 saturated carbocycles. The maximum absolute atomic E-state index is 12.9. The Balaban J connectivity index is 4.47. The Bertz CT molecular complexity index is 1590. The molecular weight excluding hydrogens is 937 g/mol. The summed E-state index contributed by atoms with van der Waals surface area (Å²) in [5, 5.41) is 0. The van der Waals surface area contributed by atoms with E-state index in [1.165, 1.54) is 96.3 Å². The number of carbonyl (C=O) groups excluding carboxylic acids is 3. The average molecular weight is 1050 g/mol. The maximum atomic E-state index is 12.9. The summed E-state index contributed by atoms with van der Waals surface area (Å²) >= 11 is 0. The number of hydrogen-bond acceptors (Lipinski definition) is 6. The van der Waals surface area contributed by atoms with Crippen molar-refractivity contribution in [2.75, 3.05) is 13.2 Å². The molecule has 0 bridgehead atoms. The number of hydrogen-bond donors (Lipinski definition) is 0. The highest BCUT2D eigenvalue weighted by molar-refractivity contribution is 5.71. The van der Waals surface area contributed by atoms with Gasteiger partial charge in [-0.2, -0.15) is 0 Å². The van der Waals surface area contributed by atoms with Gasteiger partial charge in [0.25, 0.3) is 0 Å². The molecule has 0 radical (unpaired) electrons. The van der Waals surface area contributed by atoms with Crippen LogP contribution in [0.5, 0.6) is 0 Å². The highest BCUT2D eigenvalue weighted by atomic mass is 16.6. The molecule has 0 saturated heterocycles. The van der Waals surface area contributed by atoms with E-state index >= 15 is 0 Å². The van der Waals surface area contributed by atoms with Crippen molar-refractivity contribution >= 4 is 17.9 Å². The zero-order valence-electron chi connectivity index (χ0n) is 49.5. The van der Waals surface area contributed by atoms with Crippen LogP contribution < -0.4 is 0 Å². The SMILES string of the molecule is CC/C=C\C/C=C\C/C=C\C/C=C\C/C=C\C/C=C\CCCCCCC(=O)OCC(COC(=O)CCCCCCC/C=C\CCCCCCC)OC(=O)CCCCCCCC/C=C\C/C=C\C/C=C\CCCCCCC. The zero-order valence-corrected chi connectivity index (χ0v) is 49.5. The van der Waals surface area contributed by atoms with Gasteiger partial charge in [0.15, 0.2) is 6.10 Å². The van der Waals surface area contributed by atoms with Gasteiger partial charge in [-0.05, 0) is 135 Å². The van der Waals surface area contributed by atoms with E-state index in [4.69, 9.17) is 14.2 Å². The van der Waals surface area contributed by atoms with E-state index in [1.807, 2.05) is 0 Å². The minimum Gasteiger partial charge on any atom is -0.462 e. The predicted molar refractivity (Wildman–Crippen MR) is 330 cm³/mol. The first kappa shape index (κ1) is 71.8. The second-order valence-electron chi connectivity index (χ2n) is 20.6. The third-order valence-corrected chi connectivity index (χ3v) is 13.2. The van der Waals surface area contributed by atoms with Crippen LogP contribution in [0.2, 0.25) is 0 Å². The smallest absolute Gasteiger partial charge is 0.306 e. The van der Waals surface area contributed by atoms with Crippen LogP contribution in [0.4, 0.5) is 0 Å². The first-order chi connectivity index (χ1) is 37.5. The lowest BCUT2D eigenvalue weighted by Crippen LogP contribution is -2.30. The molecule has 6 heteroatoms. The zero-order chi connectivity index (χ0) is 55.0. The fraction of sp³-hybridized carbons (Fsp3) is 0.671. The van der Waals surface area contributed by atoms with Crippen molar-refractivity contribution in [2.45, 2.75) is 290 Å². The van der Waals surface area contributed by atoms with Crippen LogP contribution in [-0.4, -0.2) is 37.2 Å². The standard InChI is InChI=1S/C70H116O6/c1-4-7-10-13-16-19-22-25-28-30-32-34-35-37-38-40-42-45-48-51-54-57-60-63-69(72)75-66-67(65-74-68(71)62-59-56-53-50-47-44-27-24-21-18-15-12-9-6-3)76-70(73)64-61-58-55-52-49-46-43-41-39-36-33-31-29-26-23-20-17-14-11-8-5-2/h7,10,16,19,23-28,31-34,37-39,41-42,45,67H,4-6,8-9,11-15,17-18,20-22,29-30,35-36,40,43-44,46-66H2,1-3H3/b10-7-,19-16-,26-23-,27-24-,28-25-,33-31-,34-32-,38-37-,41-39-,45-42-. The van der Waals surface area contributed by atoms with Crippen molar-refractivity contribution in [2.24, 2.45) is 0 Å². The fourth-order valence-corrected chi connectivity index (χ4v) is 8.45. The second-order valence-corrected chi connectivity index (χ2v) is 20.6. The second kappa shape index (κ2) is 63.3.